The highest BCUT2D eigenvalue weighted by Crippen LogP contribution is 2.56. The third-order valence-corrected chi connectivity index (χ3v) is 8.03. The highest BCUT2D eigenvalue weighted by atomic mass is 79.9. The number of carboxylic acid groups (broad SMARTS) is 1. The zero-order chi connectivity index (χ0) is 25.0. The number of aromatic hydroxyl groups is 1. The molecule has 1 aliphatic heterocycles. The molecule has 2 amide bonds. The Bertz CT molecular complexity index is 1290. The molecule has 1 aromatic rings. The zero-order valence-corrected chi connectivity index (χ0v) is 20.2. The van der Waals surface area contributed by atoms with Crippen LogP contribution in [-0.2, 0) is 24.0 Å². The first-order chi connectivity index (χ1) is 16.7. The first-order valence-electron chi connectivity index (χ1n) is 11.4. The molecule has 1 saturated heterocycles. The lowest BCUT2D eigenvalue weighted by molar-refractivity contribution is -0.142. The van der Waals surface area contributed by atoms with Crippen molar-refractivity contribution in [1.29, 1.82) is 0 Å². The maximum atomic E-state index is 13.5. The average molecular weight is 540 g/mol. The molecule has 4 unspecified atom stereocenters. The molecule has 8 nitrogen and oxygen atoms in total. The largest absolute Gasteiger partial charge is 0.508 e. The minimum Gasteiger partial charge on any atom is -0.508 e. The number of carbonyl (C=O) groups is 5. The van der Waals surface area contributed by atoms with Crippen LogP contribution in [0.1, 0.15) is 37.2 Å². The third-order valence-electron chi connectivity index (χ3n) is 7.44. The molecule has 0 radical (unpaired) electrons. The van der Waals surface area contributed by atoms with Gasteiger partial charge in [-0.05, 0) is 47.2 Å². The van der Waals surface area contributed by atoms with Crippen molar-refractivity contribution in [3.05, 3.63) is 63.2 Å². The fraction of sp³-hybridized carbons (Fsp3) is 0.346. The first kappa shape index (κ1) is 23.4. The van der Waals surface area contributed by atoms with Crippen LogP contribution in [0.15, 0.2) is 57.6 Å². The van der Waals surface area contributed by atoms with E-state index in [1.165, 1.54) is 12.1 Å². The molecule has 35 heavy (non-hydrogen) atoms. The molecular weight excluding hydrogens is 518 g/mol. The van der Waals surface area contributed by atoms with E-state index in [0.717, 1.165) is 10.5 Å². The summed E-state index contributed by atoms with van der Waals surface area (Å²) in [6.07, 6.45) is 3.57. The lowest BCUT2D eigenvalue weighted by atomic mass is 9.59. The summed E-state index contributed by atoms with van der Waals surface area (Å²) in [5.41, 5.74) is 1.82. The molecule has 1 heterocycles. The number of fused-ring (bicyclic) bond motifs is 3. The van der Waals surface area contributed by atoms with Gasteiger partial charge in [0.15, 0.2) is 11.6 Å². The van der Waals surface area contributed by atoms with Crippen molar-refractivity contribution in [2.75, 3.05) is 6.54 Å². The Morgan fingerprint density at radius 3 is 2.54 bits per heavy atom. The number of likely N-dealkylation sites (tertiary alicyclic amines) is 1. The Morgan fingerprint density at radius 2 is 1.83 bits per heavy atom. The second kappa shape index (κ2) is 8.71. The zero-order valence-electron chi connectivity index (χ0n) is 18.6. The van der Waals surface area contributed by atoms with Crippen LogP contribution in [0, 0.1) is 17.8 Å². The van der Waals surface area contributed by atoms with E-state index >= 15 is 0 Å². The van der Waals surface area contributed by atoms with Gasteiger partial charge in [-0.15, -0.1) is 0 Å². The summed E-state index contributed by atoms with van der Waals surface area (Å²) < 4.78 is 0.140. The Kier molecular flexibility index (Phi) is 5.83. The molecule has 4 atom stereocenters. The van der Waals surface area contributed by atoms with Gasteiger partial charge >= 0.3 is 5.97 Å². The number of hydrogen-bond acceptors (Lipinski definition) is 6. The van der Waals surface area contributed by atoms with E-state index in [4.69, 9.17) is 5.11 Å². The minimum atomic E-state index is -0.998. The molecule has 0 spiro atoms. The number of phenolic OH excluding ortho intramolecular Hbond substituents is 1. The number of imide groups is 1. The Morgan fingerprint density at radius 1 is 1.09 bits per heavy atom. The quantitative estimate of drug-likeness (QED) is 0.334. The van der Waals surface area contributed by atoms with Crippen molar-refractivity contribution in [3.63, 3.8) is 0 Å². The summed E-state index contributed by atoms with van der Waals surface area (Å²) in [5, 5.41) is 19.6. The summed E-state index contributed by atoms with van der Waals surface area (Å²) in [7, 11) is 0. The van der Waals surface area contributed by atoms with Crippen molar-refractivity contribution in [2.45, 2.75) is 31.6 Å². The number of benzene rings is 1. The number of carbonyl (C=O) groups excluding carboxylic acids is 4. The van der Waals surface area contributed by atoms with Crippen molar-refractivity contribution >= 4 is 45.3 Å². The second-order valence-corrected chi connectivity index (χ2v) is 10.1. The number of rotatable bonds is 5. The maximum Gasteiger partial charge on any atom is 0.303 e. The summed E-state index contributed by atoms with van der Waals surface area (Å²) in [6.45, 7) is 0.0293. The molecular formula is C26H22BrNO7. The minimum absolute atomic E-state index is 0.0222. The SMILES string of the molecule is O=C(O)CCCN1C(=O)C2CC=C3C(c4ccccc4O)C4=C(CC3C2C1=O)C(=O)C(Br)=CC4=O. The highest BCUT2D eigenvalue weighted by molar-refractivity contribution is 9.12. The third kappa shape index (κ3) is 3.69. The number of para-hydroxylation sites is 1. The number of hydrogen-bond donors (Lipinski definition) is 2. The second-order valence-electron chi connectivity index (χ2n) is 9.28. The van der Waals surface area contributed by atoms with Crippen LogP contribution in [0.5, 0.6) is 5.75 Å². The number of phenols is 1. The molecule has 2 N–H and O–H groups in total. The molecule has 5 rings (SSSR count). The van der Waals surface area contributed by atoms with Gasteiger partial charge < -0.3 is 10.2 Å². The maximum absolute atomic E-state index is 13.5. The lowest BCUT2D eigenvalue weighted by Gasteiger charge is -2.42. The smallest absolute Gasteiger partial charge is 0.303 e. The highest BCUT2D eigenvalue weighted by Gasteiger charge is 2.56. The molecule has 4 aliphatic rings. The van der Waals surface area contributed by atoms with Crippen LogP contribution in [0.2, 0.25) is 0 Å². The number of amides is 2. The van der Waals surface area contributed by atoms with E-state index in [1.807, 2.05) is 6.08 Å². The van der Waals surface area contributed by atoms with Gasteiger partial charge in [-0.3, -0.25) is 28.9 Å². The molecule has 1 aromatic carbocycles. The van der Waals surface area contributed by atoms with Crippen LogP contribution in [0.3, 0.4) is 0 Å². The number of Topliss-reactive ketones (excluding diaryl/α,β-unsaturated/α-hetero) is 1. The van der Waals surface area contributed by atoms with Crippen LogP contribution in [0.4, 0.5) is 0 Å². The fourth-order valence-corrected chi connectivity index (χ4v) is 6.41. The van der Waals surface area contributed by atoms with Crippen molar-refractivity contribution in [3.8, 4) is 5.75 Å². The molecule has 0 bridgehead atoms. The molecule has 180 valence electrons. The van der Waals surface area contributed by atoms with Crippen molar-refractivity contribution in [2.24, 2.45) is 17.8 Å². The number of carboxylic acids is 1. The van der Waals surface area contributed by atoms with Gasteiger partial charge in [-0.2, -0.15) is 0 Å². The topological polar surface area (TPSA) is 129 Å². The van der Waals surface area contributed by atoms with Crippen LogP contribution in [0.25, 0.3) is 0 Å². The van der Waals surface area contributed by atoms with Gasteiger partial charge in [0.25, 0.3) is 0 Å². The van der Waals surface area contributed by atoms with E-state index in [-0.39, 0.29) is 59.4 Å². The van der Waals surface area contributed by atoms with E-state index < -0.39 is 29.6 Å². The fourth-order valence-electron chi connectivity index (χ4n) is 5.97. The Hall–Kier alpha value is -3.33. The van der Waals surface area contributed by atoms with Gasteiger partial charge in [-0.1, -0.05) is 29.8 Å². The first-order valence-corrected chi connectivity index (χ1v) is 12.2. The van der Waals surface area contributed by atoms with Crippen LogP contribution < -0.4 is 0 Å². The van der Waals surface area contributed by atoms with E-state index in [2.05, 4.69) is 15.9 Å². The van der Waals surface area contributed by atoms with Crippen LogP contribution >= 0.6 is 15.9 Å². The van der Waals surface area contributed by atoms with Gasteiger partial charge in [0.2, 0.25) is 11.8 Å². The van der Waals surface area contributed by atoms with Gasteiger partial charge in [0, 0.05) is 41.7 Å². The predicted octanol–water partition coefficient (Wildman–Crippen LogP) is 3.02. The van der Waals surface area contributed by atoms with Gasteiger partial charge in [0.05, 0.1) is 16.3 Å². The molecule has 0 aromatic heterocycles. The normalized spacial score (nSPS) is 27.9. The Labute approximate surface area is 209 Å². The molecule has 0 saturated carbocycles. The number of halogens is 1. The average Bonchev–Trinajstić information content (AvgIpc) is 3.06. The Balaban J connectivity index is 1.58. The lowest BCUT2D eigenvalue weighted by Crippen LogP contribution is -2.39. The van der Waals surface area contributed by atoms with Crippen LogP contribution in [-0.4, -0.2) is 51.0 Å². The summed E-state index contributed by atoms with van der Waals surface area (Å²) in [4.78, 5) is 64.8. The van der Waals surface area contributed by atoms with Gasteiger partial charge in [-0.25, -0.2) is 0 Å². The van der Waals surface area contributed by atoms with E-state index in [1.54, 1.807) is 18.2 Å². The number of allylic oxidation sites excluding steroid dienone is 6. The summed E-state index contributed by atoms with van der Waals surface area (Å²) in [5.74, 6) is -4.88. The van der Waals surface area contributed by atoms with E-state index in [9.17, 15) is 29.1 Å². The van der Waals surface area contributed by atoms with Gasteiger partial charge in [0.1, 0.15) is 5.75 Å². The van der Waals surface area contributed by atoms with E-state index in [0.29, 0.717) is 23.1 Å². The monoisotopic (exact) mass is 539 g/mol. The number of aliphatic carboxylic acids is 1. The predicted molar refractivity (Wildman–Crippen MR) is 126 cm³/mol. The molecule has 9 heteroatoms. The molecule has 1 fully saturated rings. The standard InChI is InChI=1S/C26H22BrNO7/c27-17-11-19(30)23-16(24(17)33)10-15-12(21(23)13-4-1-2-5-18(13)29)7-8-14-22(15)26(35)28(25(14)34)9-3-6-20(31)32/h1-2,4-5,7,11,14-15,21-22,29H,3,6,8-10H2,(H,31,32). The summed E-state index contributed by atoms with van der Waals surface area (Å²) in [6, 6.07) is 6.62. The van der Waals surface area contributed by atoms with Crippen molar-refractivity contribution in [1.82, 2.24) is 4.90 Å². The molecule has 3 aliphatic carbocycles. The summed E-state index contributed by atoms with van der Waals surface area (Å²) >= 11 is 3.18. The van der Waals surface area contributed by atoms with Crippen molar-refractivity contribution < 1.29 is 34.2 Å². The number of nitrogens with zero attached hydrogens (tertiary/aromatic N) is 1. The number of ketones is 2.